The molecular weight excluding hydrogens is 647 g/mol. The van der Waals surface area contributed by atoms with Crippen LogP contribution >= 0.6 is 0 Å². The maximum atomic E-state index is 6.52. The van der Waals surface area contributed by atoms with Crippen molar-refractivity contribution in [1.29, 1.82) is 0 Å². The van der Waals surface area contributed by atoms with Gasteiger partial charge in [-0.2, -0.15) is 0 Å². The second-order valence-electron chi connectivity index (χ2n) is 14.2. The largest absolute Gasteiger partial charge is 0.455 e. The van der Waals surface area contributed by atoms with E-state index in [-0.39, 0.29) is 5.41 Å². The van der Waals surface area contributed by atoms with E-state index in [1.165, 1.54) is 5.56 Å². The summed E-state index contributed by atoms with van der Waals surface area (Å²) in [6, 6.07) is 52.3. The summed E-state index contributed by atoms with van der Waals surface area (Å²) in [5.41, 5.74) is 12.3. The van der Waals surface area contributed by atoms with Crippen LogP contribution in [0.2, 0.25) is 0 Å². The van der Waals surface area contributed by atoms with Crippen LogP contribution in [0.1, 0.15) is 42.7 Å². The Morgan fingerprint density at radius 1 is 0.528 bits per heavy atom. The van der Waals surface area contributed by atoms with Gasteiger partial charge in [0.15, 0.2) is 17.5 Å². The average Bonchev–Trinajstić information content (AvgIpc) is 3.60. The van der Waals surface area contributed by atoms with Crippen molar-refractivity contribution in [3.63, 3.8) is 0 Å². The Hall–Kier alpha value is -6.65. The summed E-state index contributed by atoms with van der Waals surface area (Å²) >= 11 is 0. The molecule has 0 saturated carbocycles. The molecule has 4 nitrogen and oxygen atoms in total. The summed E-state index contributed by atoms with van der Waals surface area (Å²) in [7, 11) is 0. The van der Waals surface area contributed by atoms with Crippen LogP contribution < -0.4 is 0 Å². The Morgan fingerprint density at radius 3 is 1.75 bits per heavy atom. The summed E-state index contributed by atoms with van der Waals surface area (Å²) in [6.45, 7) is 9.29. The number of hydrogen-bond acceptors (Lipinski definition) is 4. The lowest BCUT2D eigenvalue weighted by Crippen LogP contribution is -2.18. The van der Waals surface area contributed by atoms with E-state index in [4.69, 9.17) is 19.4 Å². The van der Waals surface area contributed by atoms with Gasteiger partial charge in [0.25, 0.3) is 0 Å². The van der Waals surface area contributed by atoms with Gasteiger partial charge >= 0.3 is 0 Å². The highest BCUT2D eigenvalue weighted by molar-refractivity contribution is 5.96. The number of benzene rings is 6. The summed E-state index contributed by atoms with van der Waals surface area (Å²) in [6.07, 6.45) is 5.38. The fraction of sp³-hybridized carbons (Fsp3) is 0.0816. The number of allylic oxidation sites excluding steroid dienone is 1. The van der Waals surface area contributed by atoms with Gasteiger partial charge in [-0.1, -0.05) is 166 Å². The van der Waals surface area contributed by atoms with Gasteiger partial charge in [-0.3, -0.25) is 0 Å². The first-order valence-corrected chi connectivity index (χ1v) is 18.0. The zero-order valence-electron chi connectivity index (χ0n) is 29.8. The van der Waals surface area contributed by atoms with Crippen LogP contribution in [-0.2, 0) is 5.41 Å². The predicted octanol–water partition coefficient (Wildman–Crippen LogP) is 12.7. The number of rotatable bonds is 5. The topological polar surface area (TPSA) is 51.8 Å². The van der Waals surface area contributed by atoms with Crippen LogP contribution in [0.25, 0.3) is 79.0 Å². The van der Waals surface area contributed by atoms with Gasteiger partial charge in [0.1, 0.15) is 11.3 Å². The Kier molecular flexibility index (Phi) is 8.01. The third kappa shape index (κ3) is 5.98. The fourth-order valence-corrected chi connectivity index (χ4v) is 7.46. The van der Waals surface area contributed by atoms with Crippen molar-refractivity contribution in [2.45, 2.75) is 25.7 Å². The second kappa shape index (κ2) is 13.2. The van der Waals surface area contributed by atoms with E-state index in [1.54, 1.807) is 0 Å². The van der Waals surface area contributed by atoms with Gasteiger partial charge in [0.05, 0.1) is 0 Å². The average molecular weight is 684 g/mol. The first kappa shape index (κ1) is 32.3. The molecule has 1 aliphatic carbocycles. The van der Waals surface area contributed by atoms with Crippen molar-refractivity contribution < 1.29 is 4.42 Å². The van der Waals surface area contributed by atoms with Crippen LogP contribution in [-0.4, -0.2) is 15.0 Å². The minimum atomic E-state index is -0.109. The predicted molar refractivity (Wildman–Crippen MR) is 218 cm³/mol. The molecule has 0 radical (unpaired) electrons. The molecule has 0 saturated heterocycles. The molecule has 9 rings (SSSR count). The van der Waals surface area contributed by atoms with Gasteiger partial charge in [0, 0.05) is 33.2 Å². The van der Waals surface area contributed by atoms with Crippen LogP contribution in [0.3, 0.4) is 0 Å². The van der Waals surface area contributed by atoms with E-state index in [1.807, 2.05) is 72.8 Å². The molecule has 254 valence electrons. The van der Waals surface area contributed by atoms with Crippen molar-refractivity contribution in [2.75, 3.05) is 0 Å². The van der Waals surface area contributed by atoms with E-state index >= 15 is 0 Å². The molecule has 0 spiro atoms. The van der Waals surface area contributed by atoms with Crippen LogP contribution in [0.15, 0.2) is 169 Å². The number of fused-ring (bicyclic) bond motifs is 4. The van der Waals surface area contributed by atoms with Crippen LogP contribution in [0.5, 0.6) is 0 Å². The van der Waals surface area contributed by atoms with Crippen molar-refractivity contribution in [3.05, 3.63) is 187 Å². The summed E-state index contributed by atoms with van der Waals surface area (Å²) in [5.74, 6) is 2.73. The van der Waals surface area contributed by atoms with Gasteiger partial charge in [-0.15, -0.1) is 0 Å². The SMILES string of the molecule is C=C1c2cc(-c3ccccc3-c3cccc(-c4nc(-c5ccccc5)nc(-c5ccccc5)n4)c3)ccc2C(C)(C)C/C=C\c2c1oc1ccccc21. The number of hydrogen-bond donors (Lipinski definition) is 0. The van der Waals surface area contributed by atoms with E-state index in [0.29, 0.717) is 17.5 Å². The quantitative estimate of drug-likeness (QED) is 0.181. The highest BCUT2D eigenvalue weighted by Gasteiger charge is 2.28. The molecule has 0 aliphatic heterocycles. The van der Waals surface area contributed by atoms with Crippen molar-refractivity contribution in [1.82, 2.24) is 15.0 Å². The maximum Gasteiger partial charge on any atom is 0.164 e. The van der Waals surface area contributed by atoms with E-state index in [0.717, 1.165) is 78.8 Å². The van der Waals surface area contributed by atoms with Crippen molar-refractivity contribution in [3.8, 4) is 56.4 Å². The zero-order valence-corrected chi connectivity index (χ0v) is 29.8. The second-order valence-corrected chi connectivity index (χ2v) is 14.2. The lowest BCUT2D eigenvalue weighted by molar-refractivity contribution is 0.533. The zero-order chi connectivity index (χ0) is 35.9. The fourth-order valence-electron chi connectivity index (χ4n) is 7.46. The van der Waals surface area contributed by atoms with Crippen molar-refractivity contribution >= 4 is 22.6 Å². The molecule has 2 heterocycles. The smallest absolute Gasteiger partial charge is 0.164 e. The summed E-state index contributed by atoms with van der Waals surface area (Å²) < 4.78 is 6.52. The third-order valence-corrected chi connectivity index (χ3v) is 10.3. The first-order valence-electron chi connectivity index (χ1n) is 18.0. The molecule has 0 unspecified atom stereocenters. The molecule has 0 N–H and O–H groups in total. The molecule has 4 heteroatoms. The molecule has 0 atom stereocenters. The number of aromatic nitrogens is 3. The Labute approximate surface area is 309 Å². The van der Waals surface area contributed by atoms with Crippen molar-refractivity contribution in [2.24, 2.45) is 0 Å². The van der Waals surface area contributed by atoms with Crippen LogP contribution in [0, 0.1) is 0 Å². The Morgan fingerprint density at radius 2 is 1.08 bits per heavy atom. The monoisotopic (exact) mass is 683 g/mol. The Balaban J connectivity index is 1.16. The molecular formula is C49H37N3O. The van der Waals surface area contributed by atoms with Gasteiger partial charge < -0.3 is 4.42 Å². The van der Waals surface area contributed by atoms with E-state index in [9.17, 15) is 0 Å². The lowest BCUT2D eigenvalue weighted by atomic mass is 9.77. The Bertz CT molecular complexity index is 2630. The molecule has 0 bridgehead atoms. The van der Waals surface area contributed by atoms with Gasteiger partial charge in [-0.25, -0.2) is 15.0 Å². The maximum absolute atomic E-state index is 6.52. The molecule has 6 aromatic carbocycles. The number of nitrogens with zero attached hydrogens (tertiary/aromatic N) is 3. The number of furan rings is 1. The van der Waals surface area contributed by atoms with E-state index < -0.39 is 0 Å². The van der Waals surface area contributed by atoms with E-state index in [2.05, 4.69) is 111 Å². The molecule has 53 heavy (non-hydrogen) atoms. The molecule has 0 fully saturated rings. The molecule has 0 amide bonds. The summed E-state index contributed by atoms with van der Waals surface area (Å²) in [4.78, 5) is 14.9. The van der Waals surface area contributed by atoms with Gasteiger partial charge in [0.2, 0.25) is 0 Å². The highest BCUT2D eigenvalue weighted by Crippen LogP contribution is 2.44. The standard InChI is InChI=1S/C49H37N3O/c1-32-42-31-36(27-28-43(42)49(2,3)29-15-25-41-40-24-12-13-26-44(40)53-45(32)41)39-23-11-10-22-38(39)35-20-14-21-37(30-35)48-51-46(33-16-6-4-7-17-33)50-47(52-48)34-18-8-5-9-19-34/h4-28,30-31H,1,29H2,2-3H3/b25-15-. The first-order chi connectivity index (χ1) is 25.9. The number of para-hydroxylation sites is 1. The molecule has 1 aliphatic rings. The van der Waals surface area contributed by atoms with Crippen LogP contribution in [0.4, 0.5) is 0 Å². The molecule has 2 aromatic heterocycles. The lowest BCUT2D eigenvalue weighted by Gasteiger charge is -2.27. The molecule has 8 aromatic rings. The van der Waals surface area contributed by atoms with Gasteiger partial charge in [-0.05, 0) is 63.4 Å². The summed E-state index contributed by atoms with van der Waals surface area (Å²) in [5, 5.41) is 1.10. The normalized spacial score (nSPS) is 14.1. The minimum absolute atomic E-state index is 0.109. The minimum Gasteiger partial charge on any atom is -0.455 e. The highest BCUT2D eigenvalue weighted by atomic mass is 16.3. The third-order valence-electron chi connectivity index (χ3n) is 10.3.